The molecule has 0 atom stereocenters. The molecule has 1 aromatic heterocycles. The number of aromatic nitrogens is 1. The maximum absolute atomic E-state index is 13.3. The minimum Gasteiger partial charge on any atom is -0.497 e. The van der Waals surface area contributed by atoms with E-state index in [1.54, 1.807) is 7.11 Å². The number of nitrogens with zero attached hydrogens (tertiary/aromatic N) is 2. The molecule has 3 heterocycles. The van der Waals surface area contributed by atoms with Gasteiger partial charge in [-0.3, -0.25) is 9.59 Å². The van der Waals surface area contributed by atoms with Gasteiger partial charge >= 0.3 is 0 Å². The lowest BCUT2D eigenvalue weighted by Gasteiger charge is -2.32. The molecule has 0 bridgehead atoms. The highest BCUT2D eigenvalue weighted by Gasteiger charge is 2.29. The van der Waals surface area contributed by atoms with Gasteiger partial charge in [0.1, 0.15) is 5.75 Å². The van der Waals surface area contributed by atoms with Crippen molar-refractivity contribution < 1.29 is 14.3 Å². The summed E-state index contributed by atoms with van der Waals surface area (Å²) in [7, 11) is 3.71. The first-order valence-corrected chi connectivity index (χ1v) is 11.8. The number of benzene rings is 2. The van der Waals surface area contributed by atoms with Crippen molar-refractivity contribution in [3.8, 4) is 16.9 Å². The normalized spacial score (nSPS) is 17.0. The smallest absolute Gasteiger partial charge is 0.256 e. The zero-order valence-electron chi connectivity index (χ0n) is 20.6. The third kappa shape index (κ3) is 4.12. The largest absolute Gasteiger partial charge is 0.497 e. The van der Waals surface area contributed by atoms with E-state index in [0.717, 1.165) is 71.3 Å². The second-order valence-electron chi connectivity index (χ2n) is 9.23. The van der Waals surface area contributed by atoms with Gasteiger partial charge in [-0.15, -0.1) is 0 Å². The summed E-state index contributed by atoms with van der Waals surface area (Å²) >= 11 is 0. The van der Waals surface area contributed by atoms with E-state index >= 15 is 0 Å². The lowest BCUT2D eigenvalue weighted by Crippen LogP contribution is -2.47. The number of nitrogens with one attached hydrogen (secondary N) is 2. The third-order valence-corrected chi connectivity index (χ3v) is 6.98. The lowest BCUT2D eigenvalue weighted by molar-refractivity contribution is -0.110. The van der Waals surface area contributed by atoms with Crippen molar-refractivity contribution in [3.63, 3.8) is 0 Å². The number of methoxy groups -OCH3 is 1. The summed E-state index contributed by atoms with van der Waals surface area (Å²) in [4.78, 5) is 33.9. The highest BCUT2D eigenvalue weighted by Crippen LogP contribution is 2.41. The molecule has 2 N–H and O–H groups in total. The van der Waals surface area contributed by atoms with E-state index < -0.39 is 0 Å². The van der Waals surface area contributed by atoms with Crippen LogP contribution in [0, 0.1) is 13.8 Å². The minimum absolute atomic E-state index is 0.0438. The molecule has 0 aliphatic carbocycles. The van der Waals surface area contributed by atoms with Gasteiger partial charge in [-0.05, 0) is 61.9 Å². The number of ether oxygens (including phenoxy) is 1. The number of hydrogen-bond acceptors (Lipinski definition) is 4. The van der Waals surface area contributed by atoms with Gasteiger partial charge in [0.05, 0.1) is 18.2 Å². The number of fused-ring (bicyclic) bond motifs is 1. The Balaban J connectivity index is 1.55. The van der Waals surface area contributed by atoms with Gasteiger partial charge in [0.25, 0.3) is 11.8 Å². The Morgan fingerprint density at radius 2 is 1.80 bits per heavy atom. The highest BCUT2D eigenvalue weighted by atomic mass is 16.5. The summed E-state index contributed by atoms with van der Waals surface area (Å²) in [5.74, 6) is 0.641. The molecule has 0 unspecified atom stereocenters. The molecule has 2 amide bonds. The number of piperazine rings is 1. The van der Waals surface area contributed by atoms with Crippen LogP contribution >= 0.6 is 0 Å². The Morgan fingerprint density at radius 3 is 2.54 bits per heavy atom. The number of anilines is 1. The fourth-order valence-electron chi connectivity index (χ4n) is 4.97. The fourth-order valence-corrected chi connectivity index (χ4v) is 4.97. The second kappa shape index (κ2) is 9.07. The second-order valence-corrected chi connectivity index (χ2v) is 9.23. The van der Waals surface area contributed by atoms with E-state index in [9.17, 15) is 9.59 Å². The quantitative estimate of drug-likeness (QED) is 0.561. The van der Waals surface area contributed by atoms with Gasteiger partial charge in [-0.25, -0.2) is 0 Å². The molecule has 1 saturated heterocycles. The van der Waals surface area contributed by atoms with Crippen LogP contribution in [0.4, 0.5) is 5.69 Å². The van der Waals surface area contributed by atoms with Crippen molar-refractivity contribution in [3.05, 3.63) is 70.5 Å². The van der Waals surface area contributed by atoms with Crippen LogP contribution < -0.4 is 10.1 Å². The molecular formula is C28H30N4O3. The summed E-state index contributed by atoms with van der Waals surface area (Å²) in [5, 5.41) is 2.99. The maximum Gasteiger partial charge on any atom is 0.256 e. The average molecular weight is 471 g/mol. The Labute approximate surface area is 205 Å². The highest BCUT2D eigenvalue weighted by molar-refractivity contribution is 6.36. The van der Waals surface area contributed by atoms with Gasteiger partial charge in [0.2, 0.25) is 0 Å². The summed E-state index contributed by atoms with van der Waals surface area (Å²) in [6.45, 7) is 7.04. The summed E-state index contributed by atoms with van der Waals surface area (Å²) in [6, 6.07) is 13.7. The standard InChI is InChI=1S/C28H30N4O3/c1-17-24(29-18(2)25(17)28(34)32-13-11-31(3)12-14-32)16-22-26-21(9-6-10-23(26)30-27(22)33)19-7-5-8-20(15-19)35-4/h5-10,15-16,29H,11-14H2,1-4H3,(H,30,33)/b22-16-. The Morgan fingerprint density at radius 1 is 1.06 bits per heavy atom. The Bertz CT molecular complexity index is 1350. The van der Waals surface area contributed by atoms with Crippen LogP contribution in [-0.2, 0) is 4.79 Å². The zero-order valence-corrected chi connectivity index (χ0v) is 20.6. The van der Waals surface area contributed by atoms with Crippen molar-refractivity contribution in [1.29, 1.82) is 0 Å². The van der Waals surface area contributed by atoms with Crippen LogP contribution in [-0.4, -0.2) is 66.9 Å². The van der Waals surface area contributed by atoms with Crippen LogP contribution in [0.3, 0.4) is 0 Å². The molecule has 1 fully saturated rings. The van der Waals surface area contributed by atoms with Crippen LogP contribution in [0.1, 0.15) is 32.9 Å². The monoisotopic (exact) mass is 470 g/mol. The van der Waals surface area contributed by atoms with Crippen molar-refractivity contribution >= 4 is 29.2 Å². The molecular weight excluding hydrogens is 440 g/mol. The topological polar surface area (TPSA) is 77.7 Å². The number of carbonyl (C=O) groups excluding carboxylic acids is 2. The molecule has 35 heavy (non-hydrogen) atoms. The maximum atomic E-state index is 13.3. The SMILES string of the molecule is COc1cccc(-c2cccc3c2/C(=C/c2[nH]c(C)c(C(=O)N4CCN(C)CC4)c2C)C(=O)N3)c1. The van der Waals surface area contributed by atoms with Crippen molar-refractivity contribution in [2.45, 2.75) is 13.8 Å². The molecule has 7 nitrogen and oxygen atoms in total. The number of aromatic amines is 1. The zero-order chi connectivity index (χ0) is 24.7. The molecule has 0 saturated carbocycles. The van der Waals surface area contributed by atoms with Crippen molar-refractivity contribution in [2.24, 2.45) is 0 Å². The Kier molecular flexibility index (Phi) is 5.94. The number of amides is 2. The van der Waals surface area contributed by atoms with Crippen LogP contribution in [0.5, 0.6) is 5.75 Å². The number of hydrogen-bond donors (Lipinski definition) is 2. The van der Waals surface area contributed by atoms with Crippen molar-refractivity contribution in [2.75, 3.05) is 45.7 Å². The molecule has 2 aromatic carbocycles. The molecule has 3 aromatic rings. The molecule has 0 spiro atoms. The van der Waals surface area contributed by atoms with E-state index in [0.29, 0.717) is 11.1 Å². The predicted molar refractivity (Wildman–Crippen MR) is 139 cm³/mol. The number of likely N-dealkylation sites (N-methyl/N-ethyl adjacent to an activating group) is 1. The predicted octanol–water partition coefficient (Wildman–Crippen LogP) is 4.19. The van der Waals surface area contributed by atoms with E-state index in [-0.39, 0.29) is 11.8 Å². The average Bonchev–Trinajstić information content (AvgIpc) is 3.33. The van der Waals surface area contributed by atoms with Crippen molar-refractivity contribution in [1.82, 2.24) is 14.8 Å². The van der Waals surface area contributed by atoms with E-state index in [2.05, 4.69) is 22.2 Å². The molecule has 2 aliphatic heterocycles. The van der Waals surface area contributed by atoms with Gasteiger partial charge in [0.15, 0.2) is 0 Å². The van der Waals surface area contributed by atoms with Crippen LogP contribution in [0.2, 0.25) is 0 Å². The van der Waals surface area contributed by atoms with Gasteiger partial charge in [-0.1, -0.05) is 24.3 Å². The third-order valence-electron chi connectivity index (χ3n) is 6.98. The number of rotatable bonds is 4. The number of H-pyrrole nitrogens is 1. The van der Waals surface area contributed by atoms with E-state index in [1.165, 1.54) is 0 Å². The van der Waals surface area contributed by atoms with Gasteiger partial charge < -0.3 is 24.8 Å². The summed E-state index contributed by atoms with van der Waals surface area (Å²) in [5.41, 5.74) is 7.26. The molecule has 2 aliphatic rings. The number of carbonyl (C=O) groups is 2. The minimum atomic E-state index is -0.158. The van der Waals surface area contributed by atoms with Crippen LogP contribution in [0.15, 0.2) is 42.5 Å². The van der Waals surface area contributed by atoms with Crippen LogP contribution in [0.25, 0.3) is 22.8 Å². The molecule has 0 radical (unpaired) electrons. The Hall–Kier alpha value is -3.84. The first-order valence-electron chi connectivity index (χ1n) is 11.8. The number of aryl methyl sites for hydroxylation is 1. The first kappa shape index (κ1) is 22.9. The van der Waals surface area contributed by atoms with E-state index in [4.69, 9.17) is 4.74 Å². The summed E-state index contributed by atoms with van der Waals surface area (Å²) < 4.78 is 5.41. The van der Waals surface area contributed by atoms with E-state index in [1.807, 2.05) is 67.3 Å². The molecule has 180 valence electrons. The van der Waals surface area contributed by atoms with Gasteiger partial charge in [0, 0.05) is 48.8 Å². The van der Waals surface area contributed by atoms with Gasteiger partial charge in [-0.2, -0.15) is 0 Å². The first-order chi connectivity index (χ1) is 16.9. The lowest BCUT2D eigenvalue weighted by atomic mass is 9.94. The fraction of sp³-hybridized carbons (Fsp3) is 0.286. The molecule has 5 rings (SSSR count). The summed E-state index contributed by atoms with van der Waals surface area (Å²) in [6.07, 6.45) is 1.87. The molecule has 7 heteroatoms.